The van der Waals surface area contributed by atoms with Crippen molar-refractivity contribution in [1.29, 1.82) is 0 Å². The molecule has 19 heavy (non-hydrogen) atoms. The zero-order chi connectivity index (χ0) is 14.0. The van der Waals surface area contributed by atoms with Crippen molar-refractivity contribution in [2.24, 2.45) is 0 Å². The first kappa shape index (κ1) is 13.4. The van der Waals surface area contributed by atoms with Crippen LogP contribution in [-0.4, -0.2) is 11.1 Å². The summed E-state index contributed by atoms with van der Waals surface area (Å²) in [5.74, 6) is -1.47. The van der Waals surface area contributed by atoms with Gasteiger partial charge in [0.2, 0.25) is 0 Å². The Morgan fingerprint density at radius 3 is 2.53 bits per heavy atom. The van der Waals surface area contributed by atoms with E-state index in [0.29, 0.717) is 21.5 Å². The molecular formula is C13H10BrFN2O2. The number of carboxylic acids is 1. The third-order valence-electron chi connectivity index (χ3n) is 2.47. The van der Waals surface area contributed by atoms with E-state index in [9.17, 15) is 9.18 Å². The fraction of sp³-hybridized carbons (Fsp3) is 0. The van der Waals surface area contributed by atoms with Gasteiger partial charge in [-0.15, -0.1) is 0 Å². The van der Waals surface area contributed by atoms with Crippen molar-refractivity contribution in [1.82, 2.24) is 0 Å². The van der Waals surface area contributed by atoms with E-state index in [4.69, 9.17) is 10.8 Å². The van der Waals surface area contributed by atoms with Gasteiger partial charge in [-0.25, -0.2) is 9.18 Å². The number of carboxylic acid groups (broad SMARTS) is 1. The molecule has 0 heterocycles. The standard InChI is InChI=1S/C13H10BrFN2O2/c14-10-5-7(15)1-3-12(10)17-11-4-2-8(16)6-9(11)13(18)19/h1-6,17H,16H2,(H,18,19). The monoisotopic (exact) mass is 324 g/mol. The van der Waals surface area contributed by atoms with Gasteiger partial charge in [0.25, 0.3) is 0 Å². The molecule has 0 saturated heterocycles. The summed E-state index contributed by atoms with van der Waals surface area (Å²) >= 11 is 3.21. The number of carbonyl (C=O) groups is 1. The second-order valence-electron chi connectivity index (χ2n) is 3.86. The molecule has 2 aromatic carbocycles. The third kappa shape index (κ3) is 3.03. The minimum absolute atomic E-state index is 0.0521. The van der Waals surface area contributed by atoms with Crippen LogP contribution in [0.3, 0.4) is 0 Å². The zero-order valence-electron chi connectivity index (χ0n) is 9.65. The average molecular weight is 325 g/mol. The number of nitrogen functional groups attached to an aromatic ring is 1. The highest BCUT2D eigenvalue weighted by molar-refractivity contribution is 9.10. The summed E-state index contributed by atoms with van der Waals surface area (Å²) < 4.78 is 13.5. The maximum absolute atomic E-state index is 13.0. The van der Waals surface area contributed by atoms with E-state index in [0.717, 1.165) is 0 Å². The van der Waals surface area contributed by atoms with Crippen molar-refractivity contribution >= 4 is 39.0 Å². The number of halogens is 2. The predicted octanol–water partition coefficient (Wildman–Crippen LogP) is 3.61. The number of rotatable bonds is 3. The summed E-state index contributed by atoms with van der Waals surface area (Å²) in [6, 6.07) is 8.61. The molecule has 2 aromatic rings. The molecule has 4 nitrogen and oxygen atoms in total. The van der Waals surface area contributed by atoms with E-state index in [1.165, 1.54) is 24.3 Å². The molecule has 2 rings (SSSR count). The summed E-state index contributed by atoms with van der Waals surface area (Å²) in [7, 11) is 0. The Kier molecular flexibility index (Phi) is 3.71. The highest BCUT2D eigenvalue weighted by Gasteiger charge is 2.12. The lowest BCUT2D eigenvalue weighted by Crippen LogP contribution is -2.04. The zero-order valence-corrected chi connectivity index (χ0v) is 11.2. The quantitative estimate of drug-likeness (QED) is 0.754. The average Bonchev–Trinajstić information content (AvgIpc) is 2.34. The Hall–Kier alpha value is -2.08. The molecule has 0 aromatic heterocycles. The van der Waals surface area contributed by atoms with Crippen LogP contribution in [0.25, 0.3) is 0 Å². The van der Waals surface area contributed by atoms with E-state index in [1.54, 1.807) is 12.1 Å². The van der Waals surface area contributed by atoms with Gasteiger partial charge in [0.1, 0.15) is 5.82 Å². The minimum atomic E-state index is -1.09. The van der Waals surface area contributed by atoms with Crippen molar-refractivity contribution in [2.45, 2.75) is 0 Å². The number of nitrogens with one attached hydrogen (secondary N) is 1. The lowest BCUT2D eigenvalue weighted by atomic mass is 10.1. The fourth-order valence-electron chi connectivity index (χ4n) is 1.58. The van der Waals surface area contributed by atoms with Crippen LogP contribution < -0.4 is 11.1 Å². The lowest BCUT2D eigenvalue weighted by Gasteiger charge is -2.11. The molecule has 0 amide bonds. The van der Waals surface area contributed by atoms with Gasteiger partial charge in [-0.3, -0.25) is 0 Å². The molecule has 0 aliphatic carbocycles. The Morgan fingerprint density at radius 1 is 1.21 bits per heavy atom. The van der Waals surface area contributed by atoms with Gasteiger partial charge < -0.3 is 16.2 Å². The highest BCUT2D eigenvalue weighted by Crippen LogP contribution is 2.29. The molecule has 0 saturated carbocycles. The molecule has 0 radical (unpaired) electrons. The van der Waals surface area contributed by atoms with Crippen LogP contribution in [0.15, 0.2) is 40.9 Å². The molecular weight excluding hydrogens is 315 g/mol. The van der Waals surface area contributed by atoms with Crippen molar-refractivity contribution < 1.29 is 14.3 Å². The summed E-state index contributed by atoms with van der Waals surface area (Å²) in [6.45, 7) is 0. The van der Waals surface area contributed by atoms with Gasteiger partial charge >= 0.3 is 5.97 Å². The van der Waals surface area contributed by atoms with Crippen molar-refractivity contribution in [2.75, 3.05) is 11.1 Å². The molecule has 4 N–H and O–H groups in total. The second kappa shape index (κ2) is 5.27. The minimum Gasteiger partial charge on any atom is -0.478 e. The van der Waals surface area contributed by atoms with Gasteiger partial charge in [0.15, 0.2) is 0 Å². The summed E-state index contributed by atoms with van der Waals surface area (Å²) in [4.78, 5) is 11.1. The van der Waals surface area contributed by atoms with Gasteiger partial charge in [0.05, 0.1) is 16.9 Å². The van der Waals surface area contributed by atoms with E-state index in [-0.39, 0.29) is 11.4 Å². The summed E-state index contributed by atoms with van der Waals surface area (Å²) in [5, 5.41) is 12.0. The van der Waals surface area contributed by atoms with Gasteiger partial charge in [-0.05, 0) is 52.3 Å². The molecule has 0 atom stereocenters. The largest absolute Gasteiger partial charge is 0.478 e. The number of hydrogen-bond acceptors (Lipinski definition) is 3. The number of aromatic carboxylic acids is 1. The Morgan fingerprint density at radius 2 is 1.89 bits per heavy atom. The van der Waals surface area contributed by atoms with Gasteiger partial charge in [-0.2, -0.15) is 0 Å². The van der Waals surface area contributed by atoms with Crippen LogP contribution >= 0.6 is 15.9 Å². The lowest BCUT2D eigenvalue weighted by molar-refractivity contribution is 0.0698. The number of nitrogens with two attached hydrogens (primary N) is 1. The van der Waals surface area contributed by atoms with Crippen LogP contribution in [0.2, 0.25) is 0 Å². The highest BCUT2D eigenvalue weighted by atomic mass is 79.9. The van der Waals surface area contributed by atoms with Crippen LogP contribution in [0, 0.1) is 5.82 Å². The second-order valence-corrected chi connectivity index (χ2v) is 4.71. The van der Waals surface area contributed by atoms with E-state index >= 15 is 0 Å². The van der Waals surface area contributed by atoms with Crippen LogP contribution in [0.4, 0.5) is 21.5 Å². The SMILES string of the molecule is Nc1ccc(Nc2ccc(F)cc2Br)c(C(=O)O)c1. The van der Waals surface area contributed by atoms with E-state index in [2.05, 4.69) is 21.2 Å². The van der Waals surface area contributed by atoms with Crippen LogP contribution in [-0.2, 0) is 0 Å². The summed E-state index contributed by atoms with van der Waals surface area (Å²) in [5.41, 5.74) is 6.92. The topological polar surface area (TPSA) is 75.3 Å². The Bertz CT molecular complexity index is 647. The first-order valence-electron chi connectivity index (χ1n) is 5.32. The fourth-order valence-corrected chi connectivity index (χ4v) is 2.03. The Labute approximate surface area is 117 Å². The molecule has 0 spiro atoms. The van der Waals surface area contributed by atoms with Gasteiger partial charge in [-0.1, -0.05) is 0 Å². The molecule has 6 heteroatoms. The normalized spacial score (nSPS) is 10.2. The molecule has 0 bridgehead atoms. The Balaban J connectivity index is 2.40. The van der Waals surface area contributed by atoms with E-state index in [1.807, 2.05) is 0 Å². The van der Waals surface area contributed by atoms with Crippen molar-refractivity contribution in [3.05, 3.63) is 52.3 Å². The number of benzene rings is 2. The molecule has 98 valence electrons. The van der Waals surface area contributed by atoms with Crippen LogP contribution in [0.1, 0.15) is 10.4 Å². The van der Waals surface area contributed by atoms with Crippen LogP contribution in [0.5, 0.6) is 0 Å². The molecule has 0 aliphatic rings. The first-order valence-corrected chi connectivity index (χ1v) is 6.11. The smallest absolute Gasteiger partial charge is 0.337 e. The number of anilines is 3. The van der Waals surface area contributed by atoms with Crippen molar-refractivity contribution in [3.63, 3.8) is 0 Å². The maximum Gasteiger partial charge on any atom is 0.337 e. The molecule has 0 aliphatic heterocycles. The summed E-state index contributed by atoms with van der Waals surface area (Å²) in [6.07, 6.45) is 0. The molecule has 0 unspecified atom stereocenters. The number of hydrogen-bond donors (Lipinski definition) is 3. The van der Waals surface area contributed by atoms with E-state index < -0.39 is 5.97 Å². The molecule has 0 fully saturated rings. The third-order valence-corrected chi connectivity index (χ3v) is 3.13. The maximum atomic E-state index is 13.0. The van der Waals surface area contributed by atoms with Crippen molar-refractivity contribution in [3.8, 4) is 0 Å². The predicted molar refractivity (Wildman–Crippen MR) is 75.2 cm³/mol. The first-order chi connectivity index (χ1) is 8.97. The van der Waals surface area contributed by atoms with Gasteiger partial charge in [0, 0.05) is 10.2 Å².